The Morgan fingerprint density at radius 1 is 0.971 bits per heavy atom. The van der Waals surface area contributed by atoms with E-state index in [2.05, 4.69) is 89.7 Å². The van der Waals surface area contributed by atoms with E-state index in [1.807, 2.05) is 12.4 Å². The van der Waals surface area contributed by atoms with Crippen molar-refractivity contribution in [3.8, 4) is 0 Å². The Balaban J connectivity index is 2.02. The summed E-state index contributed by atoms with van der Waals surface area (Å²) < 4.78 is 0. The molecule has 1 atom stereocenters. The second-order valence-electron chi connectivity index (χ2n) is 8.59. The molecule has 1 heterocycles. The molecule has 0 fully saturated rings. The normalized spacial score (nSPS) is 16.4. The van der Waals surface area contributed by atoms with Crippen LogP contribution in [0, 0.1) is 5.92 Å². The number of allylic oxidation sites excluding steroid dienone is 4. The zero-order valence-electron chi connectivity index (χ0n) is 21.7. The molecule has 0 bridgehead atoms. The van der Waals surface area contributed by atoms with E-state index in [4.69, 9.17) is 4.98 Å². The first-order valence-electron chi connectivity index (χ1n) is 12.7. The Morgan fingerprint density at radius 2 is 1.66 bits per heavy atom. The van der Waals surface area contributed by atoms with Crippen molar-refractivity contribution in [2.45, 2.75) is 40.0 Å². The summed E-state index contributed by atoms with van der Waals surface area (Å²) >= 11 is 0. The van der Waals surface area contributed by atoms with Crippen LogP contribution in [-0.4, -0.2) is 57.7 Å². The molecule has 190 valence electrons. The summed E-state index contributed by atoms with van der Waals surface area (Å²) in [6.45, 7) is 19.3. The second kappa shape index (κ2) is 16.6. The minimum Gasteiger partial charge on any atom is -0.385 e. The van der Waals surface area contributed by atoms with Crippen molar-refractivity contribution in [2.75, 3.05) is 39.3 Å². The summed E-state index contributed by atoms with van der Waals surface area (Å²) in [5.41, 5.74) is 6.38. The first kappa shape index (κ1) is 28.2. The van der Waals surface area contributed by atoms with Crippen LogP contribution < -0.4 is 21.3 Å². The fourth-order valence-electron chi connectivity index (χ4n) is 3.97. The van der Waals surface area contributed by atoms with E-state index in [1.54, 1.807) is 6.20 Å². The van der Waals surface area contributed by atoms with Crippen LogP contribution in [-0.2, 0) is 0 Å². The molecule has 35 heavy (non-hydrogen) atoms. The third kappa shape index (κ3) is 9.62. The molecule has 0 aliphatic heterocycles. The summed E-state index contributed by atoms with van der Waals surface area (Å²) in [6.07, 6.45) is 13.2. The predicted octanol–water partition coefficient (Wildman–Crippen LogP) is 4.15. The molecule has 1 aromatic heterocycles. The topological polar surface area (TPSA) is 85.7 Å². The number of pyridine rings is 1. The quantitative estimate of drug-likeness (QED) is 0.200. The Morgan fingerprint density at radius 3 is 2.23 bits per heavy atom. The van der Waals surface area contributed by atoms with E-state index < -0.39 is 0 Å². The molecule has 0 saturated heterocycles. The molecular formula is C28H43N7. The van der Waals surface area contributed by atoms with Gasteiger partial charge in [0.25, 0.3) is 0 Å². The van der Waals surface area contributed by atoms with Crippen molar-refractivity contribution in [3.63, 3.8) is 0 Å². The van der Waals surface area contributed by atoms with Crippen LogP contribution >= 0.6 is 0 Å². The van der Waals surface area contributed by atoms with Gasteiger partial charge in [-0.3, -0.25) is 15.0 Å². The fraction of sp³-hybridized carbons (Fsp3) is 0.464. The Bertz CT molecular complexity index is 910. The highest BCUT2D eigenvalue weighted by atomic mass is 15.0. The third-order valence-corrected chi connectivity index (χ3v) is 5.75. The van der Waals surface area contributed by atoms with Gasteiger partial charge in [0.05, 0.1) is 11.4 Å². The SMILES string of the molecule is C=N/C=C(\NCCNCCC)c1ccc(C2=CCC(/C(=C/N=C)NCCNCCC)C=C2C)nc1. The second-order valence-corrected chi connectivity index (χ2v) is 8.59. The number of rotatable bonds is 17. The summed E-state index contributed by atoms with van der Waals surface area (Å²) in [6, 6.07) is 4.16. The predicted molar refractivity (Wildman–Crippen MR) is 152 cm³/mol. The molecule has 1 aliphatic carbocycles. The van der Waals surface area contributed by atoms with Gasteiger partial charge in [0.1, 0.15) is 0 Å². The van der Waals surface area contributed by atoms with Gasteiger partial charge in [0.15, 0.2) is 0 Å². The minimum atomic E-state index is 0.258. The van der Waals surface area contributed by atoms with Gasteiger partial charge in [0, 0.05) is 62.0 Å². The minimum absolute atomic E-state index is 0.258. The van der Waals surface area contributed by atoms with Gasteiger partial charge in [-0.2, -0.15) is 0 Å². The van der Waals surface area contributed by atoms with E-state index in [0.717, 1.165) is 81.2 Å². The summed E-state index contributed by atoms with van der Waals surface area (Å²) in [4.78, 5) is 12.7. The Labute approximate surface area is 211 Å². The van der Waals surface area contributed by atoms with Gasteiger partial charge < -0.3 is 21.3 Å². The lowest BCUT2D eigenvalue weighted by Gasteiger charge is -2.23. The van der Waals surface area contributed by atoms with Gasteiger partial charge in [-0.25, -0.2) is 0 Å². The number of hydrogen-bond donors (Lipinski definition) is 4. The molecule has 1 unspecified atom stereocenters. The monoisotopic (exact) mass is 477 g/mol. The summed E-state index contributed by atoms with van der Waals surface area (Å²) in [5, 5.41) is 13.8. The van der Waals surface area contributed by atoms with Crippen molar-refractivity contribution in [1.82, 2.24) is 26.3 Å². The maximum absolute atomic E-state index is 4.76. The molecular weight excluding hydrogens is 434 g/mol. The van der Waals surface area contributed by atoms with Crippen molar-refractivity contribution >= 4 is 24.7 Å². The van der Waals surface area contributed by atoms with Crippen molar-refractivity contribution < 1.29 is 0 Å². The van der Waals surface area contributed by atoms with E-state index in [1.165, 1.54) is 11.1 Å². The van der Waals surface area contributed by atoms with Gasteiger partial charge in [-0.1, -0.05) is 26.0 Å². The smallest absolute Gasteiger partial charge is 0.0701 e. The van der Waals surface area contributed by atoms with Gasteiger partial charge >= 0.3 is 0 Å². The average molecular weight is 478 g/mol. The van der Waals surface area contributed by atoms with Gasteiger partial charge in [0.2, 0.25) is 0 Å². The lowest BCUT2D eigenvalue weighted by Crippen LogP contribution is -2.29. The van der Waals surface area contributed by atoms with Crippen LogP contribution in [0.15, 0.2) is 64.1 Å². The van der Waals surface area contributed by atoms with Crippen LogP contribution in [0.25, 0.3) is 11.3 Å². The summed E-state index contributed by atoms with van der Waals surface area (Å²) in [5.74, 6) is 0.258. The molecule has 1 aliphatic rings. The van der Waals surface area contributed by atoms with Gasteiger partial charge in [-0.05, 0) is 76.0 Å². The summed E-state index contributed by atoms with van der Waals surface area (Å²) in [7, 11) is 0. The lowest BCUT2D eigenvalue weighted by atomic mass is 9.87. The number of nitrogens with zero attached hydrogens (tertiary/aromatic N) is 3. The molecule has 0 saturated carbocycles. The molecule has 2 rings (SSSR count). The van der Waals surface area contributed by atoms with E-state index in [0.29, 0.717) is 0 Å². The largest absolute Gasteiger partial charge is 0.385 e. The highest BCUT2D eigenvalue weighted by Gasteiger charge is 2.18. The highest BCUT2D eigenvalue weighted by molar-refractivity contribution is 5.78. The molecule has 0 spiro atoms. The van der Waals surface area contributed by atoms with Crippen LogP contribution in [0.5, 0.6) is 0 Å². The number of aromatic nitrogens is 1. The van der Waals surface area contributed by atoms with Crippen LogP contribution in [0.3, 0.4) is 0 Å². The average Bonchev–Trinajstić information content (AvgIpc) is 2.87. The number of nitrogens with one attached hydrogen (secondary N) is 4. The lowest BCUT2D eigenvalue weighted by molar-refractivity contribution is 0.604. The van der Waals surface area contributed by atoms with Crippen LogP contribution in [0.2, 0.25) is 0 Å². The molecule has 0 aromatic carbocycles. The van der Waals surface area contributed by atoms with E-state index in [9.17, 15) is 0 Å². The zero-order chi connectivity index (χ0) is 25.3. The molecule has 1 aromatic rings. The zero-order valence-corrected chi connectivity index (χ0v) is 21.7. The molecule has 0 amide bonds. The Kier molecular flexibility index (Phi) is 13.4. The van der Waals surface area contributed by atoms with E-state index in [-0.39, 0.29) is 5.92 Å². The molecule has 4 N–H and O–H groups in total. The maximum Gasteiger partial charge on any atom is 0.0701 e. The number of hydrogen-bond acceptors (Lipinski definition) is 7. The van der Waals surface area contributed by atoms with Gasteiger partial charge in [-0.15, -0.1) is 0 Å². The molecule has 0 radical (unpaired) electrons. The molecule has 7 heteroatoms. The van der Waals surface area contributed by atoms with Crippen molar-refractivity contribution in [3.05, 3.63) is 65.4 Å². The van der Waals surface area contributed by atoms with E-state index >= 15 is 0 Å². The first-order chi connectivity index (χ1) is 17.1. The maximum atomic E-state index is 4.76. The van der Waals surface area contributed by atoms with Crippen molar-refractivity contribution in [2.24, 2.45) is 15.9 Å². The first-order valence-corrected chi connectivity index (χ1v) is 12.7. The molecule has 7 nitrogen and oxygen atoms in total. The third-order valence-electron chi connectivity index (χ3n) is 5.75. The van der Waals surface area contributed by atoms with Crippen LogP contribution in [0.4, 0.5) is 0 Å². The number of aliphatic imine (C=N–C) groups is 2. The highest BCUT2D eigenvalue weighted by Crippen LogP contribution is 2.32. The standard InChI is InChI=1S/C28H43N7/c1-6-12-31-14-16-33-27(20-29-4)23-8-10-25(22(3)18-23)26-11-9-24(19-35-26)28(21-30-5)34-17-15-32-13-7-2/h9-11,18-21,23,31-34H,4-8,12-17H2,1-3H3/b27-20-,28-21-. The fourth-order valence-corrected chi connectivity index (χ4v) is 3.97. The van der Waals surface area contributed by atoms with Crippen molar-refractivity contribution in [1.29, 1.82) is 0 Å². The van der Waals surface area contributed by atoms with Crippen LogP contribution in [0.1, 0.15) is 51.3 Å². The Hall–Kier alpha value is -3.03.